The average Bonchev–Trinajstić information content (AvgIpc) is 2.94. The highest BCUT2D eigenvalue weighted by atomic mass is 16.5. The maximum absolute atomic E-state index is 5.97. The molecule has 0 bridgehead atoms. The van der Waals surface area contributed by atoms with Gasteiger partial charge in [0.1, 0.15) is 11.5 Å². The van der Waals surface area contributed by atoms with Gasteiger partial charge in [-0.1, -0.05) is 0 Å². The summed E-state index contributed by atoms with van der Waals surface area (Å²) >= 11 is 0. The first-order chi connectivity index (χ1) is 18.0. The van der Waals surface area contributed by atoms with Gasteiger partial charge >= 0.3 is 0 Å². The molecule has 196 valence electrons. The van der Waals surface area contributed by atoms with Crippen molar-refractivity contribution in [1.82, 2.24) is 0 Å². The van der Waals surface area contributed by atoms with Crippen molar-refractivity contribution in [2.24, 2.45) is 5.73 Å². The van der Waals surface area contributed by atoms with Gasteiger partial charge in [-0.3, -0.25) is 0 Å². The van der Waals surface area contributed by atoms with Crippen LogP contribution in [-0.2, 0) is 6.54 Å². The van der Waals surface area contributed by atoms with Crippen LogP contribution in [0, 0.1) is 0 Å². The third-order valence-electron chi connectivity index (χ3n) is 5.85. The summed E-state index contributed by atoms with van der Waals surface area (Å²) in [6, 6.07) is 13.5. The van der Waals surface area contributed by atoms with Crippen molar-refractivity contribution in [2.45, 2.75) is 6.54 Å². The number of rotatable bonds is 12. The maximum Gasteiger partial charge on any atom is 0.205 e. The molecule has 0 radical (unpaired) electrons. The quantitative estimate of drug-likeness (QED) is 0.365. The first kappa shape index (κ1) is 27.4. The first-order valence-electron chi connectivity index (χ1n) is 11.7. The lowest BCUT2D eigenvalue weighted by molar-refractivity contribution is -0.697. The second-order valence-corrected chi connectivity index (χ2v) is 7.88. The Morgan fingerprint density at radius 3 is 1.30 bits per heavy atom. The van der Waals surface area contributed by atoms with Gasteiger partial charge in [-0.2, -0.15) is 4.57 Å². The third-order valence-corrected chi connectivity index (χ3v) is 5.85. The smallest absolute Gasteiger partial charge is 0.205 e. The molecule has 37 heavy (non-hydrogen) atoms. The molecule has 0 fully saturated rings. The van der Waals surface area contributed by atoms with E-state index < -0.39 is 0 Å². The molecule has 0 saturated heterocycles. The number of ether oxygens (including phenoxy) is 6. The molecule has 2 aromatic carbocycles. The van der Waals surface area contributed by atoms with Crippen molar-refractivity contribution in [2.75, 3.05) is 49.2 Å². The molecule has 1 aromatic heterocycles. The number of nitrogens with two attached hydrogens (primary N) is 1. The van der Waals surface area contributed by atoms with E-state index >= 15 is 0 Å². The summed E-state index contributed by atoms with van der Waals surface area (Å²) in [5.41, 5.74) is 9.64. The molecule has 0 spiro atoms. The molecule has 3 rings (SSSR count). The Kier molecular flexibility index (Phi) is 9.80. The number of pyridine rings is 1. The van der Waals surface area contributed by atoms with Gasteiger partial charge in [0.25, 0.3) is 0 Å². The molecule has 1 heterocycles. The SMILES string of the molecule is COc1cc(OC)c(OC)cc1/C=C/c1cccc(/C=C/c2cc(OC)c(OC)cc2OC)[n+]1CCN. The van der Waals surface area contributed by atoms with Gasteiger partial charge in [-0.25, -0.2) is 0 Å². The van der Waals surface area contributed by atoms with Crippen LogP contribution in [0.2, 0.25) is 0 Å². The Hall–Kier alpha value is -4.17. The number of methoxy groups -OCH3 is 6. The number of benzene rings is 2. The highest BCUT2D eigenvalue weighted by molar-refractivity contribution is 5.75. The highest BCUT2D eigenvalue weighted by Gasteiger charge is 2.15. The van der Waals surface area contributed by atoms with Crippen LogP contribution < -0.4 is 38.7 Å². The van der Waals surface area contributed by atoms with Gasteiger partial charge in [0.2, 0.25) is 11.4 Å². The fraction of sp³-hybridized carbons (Fsp3) is 0.276. The molecule has 3 aromatic rings. The summed E-state index contributed by atoms with van der Waals surface area (Å²) in [4.78, 5) is 0. The summed E-state index contributed by atoms with van der Waals surface area (Å²) in [5.74, 6) is 3.81. The summed E-state index contributed by atoms with van der Waals surface area (Å²) in [7, 11) is 9.66. The van der Waals surface area contributed by atoms with Gasteiger partial charge in [0.15, 0.2) is 29.5 Å². The Bertz CT molecular complexity index is 1180. The van der Waals surface area contributed by atoms with E-state index in [9.17, 15) is 0 Å². The minimum absolute atomic E-state index is 0.482. The second kappa shape index (κ2) is 13.2. The third kappa shape index (κ3) is 6.34. The second-order valence-electron chi connectivity index (χ2n) is 7.88. The van der Waals surface area contributed by atoms with Crippen molar-refractivity contribution < 1.29 is 33.0 Å². The Labute approximate surface area is 218 Å². The minimum atomic E-state index is 0.482. The van der Waals surface area contributed by atoms with Gasteiger partial charge in [0.05, 0.1) is 49.2 Å². The largest absolute Gasteiger partial charge is 0.496 e. The van der Waals surface area contributed by atoms with E-state index in [1.807, 2.05) is 66.8 Å². The Morgan fingerprint density at radius 2 is 0.946 bits per heavy atom. The summed E-state index contributed by atoms with van der Waals surface area (Å²) in [5, 5.41) is 0. The van der Waals surface area contributed by atoms with Crippen molar-refractivity contribution in [3.63, 3.8) is 0 Å². The monoisotopic (exact) mass is 507 g/mol. The topological polar surface area (TPSA) is 85.3 Å². The van der Waals surface area contributed by atoms with E-state index in [2.05, 4.69) is 4.57 Å². The van der Waals surface area contributed by atoms with Crippen molar-refractivity contribution in [3.8, 4) is 34.5 Å². The highest BCUT2D eigenvalue weighted by Crippen LogP contribution is 2.36. The molecular formula is C29H35N2O6+. The number of hydrogen-bond donors (Lipinski definition) is 1. The van der Waals surface area contributed by atoms with Crippen LogP contribution in [0.3, 0.4) is 0 Å². The molecule has 0 aliphatic rings. The van der Waals surface area contributed by atoms with Crippen molar-refractivity contribution in [3.05, 3.63) is 65.0 Å². The van der Waals surface area contributed by atoms with E-state index in [4.69, 9.17) is 34.2 Å². The number of nitrogens with zero attached hydrogens (tertiary/aromatic N) is 1. The van der Waals surface area contributed by atoms with E-state index in [1.165, 1.54) is 0 Å². The predicted octanol–water partition coefficient (Wildman–Crippen LogP) is 4.33. The molecule has 0 aliphatic carbocycles. The summed E-state index contributed by atoms with van der Waals surface area (Å²) in [6.45, 7) is 1.11. The van der Waals surface area contributed by atoms with E-state index in [1.54, 1.807) is 42.7 Å². The molecule has 0 unspecified atom stereocenters. The standard InChI is InChI=1S/C29H35N2O6/c1-32-24-18-28(36-5)26(34-3)16-20(24)10-12-22-8-7-9-23(31(22)15-14-30)13-11-21-17-27(35-4)29(37-6)19-25(21)33-2/h7-13,16-19H,14-15,30H2,1-6H3/q+1/b12-10+,13-11+. The molecule has 0 atom stereocenters. The fourth-order valence-corrected chi connectivity index (χ4v) is 3.97. The molecule has 0 saturated carbocycles. The van der Waals surface area contributed by atoms with Crippen LogP contribution in [0.5, 0.6) is 34.5 Å². The van der Waals surface area contributed by atoms with Gasteiger partial charge in [-0.05, 0) is 30.4 Å². The van der Waals surface area contributed by atoms with Gasteiger partial charge in [-0.15, -0.1) is 0 Å². The lowest BCUT2D eigenvalue weighted by atomic mass is 10.1. The number of aromatic nitrogens is 1. The minimum Gasteiger partial charge on any atom is -0.496 e. The van der Waals surface area contributed by atoms with Crippen LogP contribution in [0.1, 0.15) is 22.5 Å². The molecule has 0 amide bonds. The molecule has 2 N–H and O–H groups in total. The van der Waals surface area contributed by atoms with Gasteiger partial charge < -0.3 is 34.2 Å². The van der Waals surface area contributed by atoms with Crippen LogP contribution >= 0.6 is 0 Å². The average molecular weight is 508 g/mol. The first-order valence-corrected chi connectivity index (χ1v) is 11.7. The predicted molar refractivity (Wildman–Crippen MR) is 146 cm³/mol. The molecule has 8 nitrogen and oxygen atoms in total. The van der Waals surface area contributed by atoms with E-state index in [-0.39, 0.29) is 0 Å². The zero-order valence-corrected chi connectivity index (χ0v) is 22.2. The van der Waals surface area contributed by atoms with Gasteiger partial charge in [0, 0.05) is 47.5 Å². The lowest BCUT2D eigenvalue weighted by Crippen LogP contribution is -2.43. The van der Waals surface area contributed by atoms with Crippen molar-refractivity contribution >= 4 is 24.3 Å². The van der Waals surface area contributed by atoms with Crippen LogP contribution in [-0.4, -0.2) is 49.2 Å². The molecule has 0 aliphatic heterocycles. The van der Waals surface area contributed by atoms with Crippen molar-refractivity contribution in [1.29, 1.82) is 0 Å². The van der Waals surface area contributed by atoms with Crippen LogP contribution in [0.4, 0.5) is 0 Å². The summed E-state index contributed by atoms with van der Waals surface area (Å²) < 4.78 is 35.0. The molecular weight excluding hydrogens is 472 g/mol. The Morgan fingerprint density at radius 1 is 0.568 bits per heavy atom. The lowest BCUT2D eigenvalue weighted by Gasteiger charge is -2.12. The van der Waals surface area contributed by atoms with Crippen LogP contribution in [0.15, 0.2) is 42.5 Å². The zero-order valence-electron chi connectivity index (χ0n) is 22.2. The normalized spacial score (nSPS) is 11.1. The number of hydrogen-bond acceptors (Lipinski definition) is 7. The molecule has 8 heteroatoms. The summed E-state index contributed by atoms with van der Waals surface area (Å²) in [6.07, 6.45) is 8.00. The fourth-order valence-electron chi connectivity index (χ4n) is 3.97. The zero-order chi connectivity index (χ0) is 26.8. The van der Waals surface area contributed by atoms with E-state index in [0.29, 0.717) is 47.6 Å². The van der Waals surface area contributed by atoms with Crippen LogP contribution in [0.25, 0.3) is 24.3 Å². The Balaban J connectivity index is 2.02. The van der Waals surface area contributed by atoms with E-state index in [0.717, 1.165) is 22.5 Å². The maximum atomic E-state index is 5.97.